The van der Waals surface area contributed by atoms with Crippen molar-refractivity contribution in [1.82, 2.24) is 5.32 Å². The zero-order valence-corrected chi connectivity index (χ0v) is 16.9. The van der Waals surface area contributed by atoms with Gasteiger partial charge in [-0.3, -0.25) is 9.59 Å². The van der Waals surface area contributed by atoms with E-state index in [4.69, 9.17) is 4.74 Å². The standard InChI is InChI=1S/C21H25N3O3.ClH/c1-3-22-13-15-8-4-5-9-17(15)23-21(26)16-12-20(25)24(14-16)18-10-6-7-11-19(18)27-2;/h4-11,16,22H,3,12-14H2,1-2H3,(H,23,26);1H. The molecule has 0 bridgehead atoms. The summed E-state index contributed by atoms with van der Waals surface area (Å²) in [5.74, 6) is 0.0303. The Labute approximate surface area is 171 Å². The number of benzene rings is 2. The summed E-state index contributed by atoms with van der Waals surface area (Å²) in [6, 6.07) is 15.1. The summed E-state index contributed by atoms with van der Waals surface area (Å²) in [6.45, 7) is 3.93. The minimum atomic E-state index is -0.394. The Hall–Kier alpha value is -2.57. The molecule has 6 nitrogen and oxygen atoms in total. The van der Waals surface area contributed by atoms with Crippen LogP contribution in [0.2, 0.25) is 0 Å². The number of methoxy groups -OCH3 is 1. The highest BCUT2D eigenvalue weighted by Gasteiger charge is 2.36. The van der Waals surface area contributed by atoms with Crippen LogP contribution in [0, 0.1) is 5.92 Å². The third-order valence-corrected chi connectivity index (χ3v) is 4.71. The average Bonchev–Trinajstić information content (AvgIpc) is 3.09. The van der Waals surface area contributed by atoms with Crippen molar-refractivity contribution in [3.63, 3.8) is 0 Å². The molecule has 7 heteroatoms. The van der Waals surface area contributed by atoms with Gasteiger partial charge in [0.15, 0.2) is 0 Å². The van der Waals surface area contributed by atoms with Crippen LogP contribution in [0.4, 0.5) is 11.4 Å². The molecular weight excluding hydrogens is 378 g/mol. The maximum atomic E-state index is 12.8. The van der Waals surface area contributed by atoms with E-state index in [-0.39, 0.29) is 30.6 Å². The summed E-state index contributed by atoms with van der Waals surface area (Å²) in [4.78, 5) is 26.9. The van der Waals surface area contributed by atoms with Crippen LogP contribution in [0.25, 0.3) is 0 Å². The first kappa shape index (κ1) is 21.7. The predicted molar refractivity (Wildman–Crippen MR) is 113 cm³/mol. The van der Waals surface area contributed by atoms with Gasteiger partial charge in [-0.15, -0.1) is 12.4 Å². The fourth-order valence-electron chi connectivity index (χ4n) is 3.26. The lowest BCUT2D eigenvalue weighted by Crippen LogP contribution is -2.28. The number of nitrogens with one attached hydrogen (secondary N) is 2. The van der Waals surface area contributed by atoms with Crippen LogP contribution in [-0.2, 0) is 16.1 Å². The van der Waals surface area contributed by atoms with Crippen LogP contribution < -0.4 is 20.3 Å². The number of amides is 2. The molecule has 1 atom stereocenters. The molecule has 0 radical (unpaired) electrons. The zero-order valence-electron chi connectivity index (χ0n) is 16.1. The van der Waals surface area contributed by atoms with Gasteiger partial charge in [0, 0.05) is 25.2 Å². The van der Waals surface area contributed by atoms with Crippen LogP contribution in [0.1, 0.15) is 18.9 Å². The zero-order chi connectivity index (χ0) is 19.2. The monoisotopic (exact) mass is 403 g/mol. The van der Waals surface area contributed by atoms with Crippen molar-refractivity contribution in [2.24, 2.45) is 5.92 Å². The highest BCUT2D eigenvalue weighted by atomic mass is 35.5. The summed E-state index contributed by atoms with van der Waals surface area (Å²) >= 11 is 0. The normalized spacial score (nSPS) is 15.9. The molecular formula is C21H26ClN3O3. The van der Waals surface area contributed by atoms with Crippen LogP contribution in [-0.4, -0.2) is 32.0 Å². The predicted octanol–water partition coefficient (Wildman–Crippen LogP) is 3.22. The van der Waals surface area contributed by atoms with Gasteiger partial charge in [-0.2, -0.15) is 0 Å². The Morgan fingerprint density at radius 3 is 2.64 bits per heavy atom. The van der Waals surface area contributed by atoms with Gasteiger partial charge in [0.1, 0.15) is 5.75 Å². The maximum absolute atomic E-state index is 12.8. The number of rotatable bonds is 7. The number of carbonyl (C=O) groups excluding carboxylic acids is 2. The molecule has 1 heterocycles. The van der Waals surface area contributed by atoms with Gasteiger partial charge in [-0.1, -0.05) is 37.3 Å². The van der Waals surface area contributed by atoms with E-state index in [2.05, 4.69) is 10.6 Å². The summed E-state index contributed by atoms with van der Waals surface area (Å²) in [6.07, 6.45) is 0.194. The summed E-state index contributed by atoms with van der Waals surface area (Å²) in [5, 5.41) is 6.26. The Bertz CT molecular complexity index is 828. The summed E-state index contributed by atoms with van der Waals surface area (Å²) < 4.78 is 5.35. The SMILES string of the molecule is CCNCc1ccccc1NC(=O)C1CC(=O)N(c2ccccc2OC)C1.Cl. The number of hydrogen-bond donors (Lipinski definition) is 2. The third-order valence-electron chi connectivity index (χ3n) is 4.71. The molecule has 2 amide bonds. The highest BCUT2D eigenvalue weighted by Crippen LogP contribution is 2.33. The van der Waals surface area contributed by atoms with Crippen molar-refractivity contribution in [3.05, 3.63) is 54.1 Å². The molecule has 0 aromatic heterocycles. The molecule has 28 heavy (non-hydrogen) atoms. The lowest BCUT2D eigenvalue weighted by Gasteiger charge is -2.19. The van der Waals surface area contributed by atoms with Crippen molar-refractivity contribution in [1.29, 1.82) is 0 Å². The van der Waals surface area contributed by atoms with Crippen LogP contribution >= 0.6 is 12.4 Å². The summed E-state index contributed by atoms with van der Waals surface area (Å²) in [5.41, 5.74) is 2.51. The highest BCUT2D eigenvalue weighted by molar-refractivity contribution is 6.04. The fraction of sp³-hybridized carbons (Fsp3) is 0.333. The van der Waals surface area contributed by atoms with Gasteiger partial charge in [0.05, 0.1) is 18.7 Å². The molecule has 1 saturated heterocycles. The molecule has 2 aromatic rings. The minimum Gasteiger partial charge on any atom is -0.495 e. The van der Waals surface area contributed by atoms with Gasteiger partial charge in [0.2, 0.25) is 11.8 Å². The molecule has 0 aliphatic carbocycles. The van der Waals surface area contributed by atoms with Crippen LogP contribution in [0.15, 0.2) is 48.5 Å². The van der Waals surface area contributed by atoms with Crippen LogP contribution in [0.3, 0.4) is 0 Å². The molecule has 150 valence electrons. The molecule has 0 saturated carbocycles. The second kappa shape index (κ2) is 10.1. The van der Waals surface area contributed by atoms with Gasteiger partial charge >= 0.3 is 0 Å². The molecule has 1 aliphatic rings. The molecule has 2 aromatic carbocycles. The lowest BCUT2D eigenvalue weighted by molar-refractivity contribution is -0.122. The van der Waals surface area contributed by atoms with Crippen molar-refractivity contribution < 1.29 is 14.3 Å². The number of hydrogen-bond acceptors (Lipinski definition) is 4. The minimum absolute atomic E-state index is 0. The molecule has 1 unspecified atom stereocenters. The molecule has 2 N–H and O–H groups in total. The number of carbonyl (C=O) groups is 2. The van der Waals surface area contributed by atoms with E-state index in [1.807, 2.05) is 55.5 Å². The van der Waals surface area contributed by atoms with E-state index in [0.29, 0.717) is 24.5 Å². The molecule has 1 aliphatic heterocycles. The third kappa shape index (κ3) is 4.82. The van der Waals surface area contributed by atoms with Crippen molar-refractivity contribution in [2.75, 3.05) is 30.4 Å². The molecule has 3 rings (SSSR count). The van der Waals surface area contributed by atoms with Gasteiger partial charge < -0.3 is 20.3 Å². The number of anilines is 2. The quantitative estimate of drug-likeness (QED) is 0.744. The van der Waals surface area contributed by atoms with Gasteiger partial charge in [-0.05, 0) is 30.3 Å². The Morgan fingerprint density at radius 1 is 1.18 bits per heavy atom. The number of halogens is 1. The van der Waals surface area contributed by atoms with E-state index in [1.54, 1.807) is 12.0 Å². The molecule has 0 spiro atoms. The second-order valence-electron chi connectivity index (χ2n) is 6.50. The summed E-state index contributed by atoms with van der Waals surface area (Å²) in [7, 11) is 1.57. The first-order valence-electron chi connectivity index (χ1n) is 9.17. The van der Waals surface area contributed by atoms with Crippen molar-refractivity contribution >= 4 is 35.6 Å². The maximum Gasteiger partial charge on any atom is 0.229 e. The first-order chi connectivity index (χ1) is 13.1. The van der Waals surface area contributed by atoms with E-state index >= 15 is 0 Å². The average molecular weight is 404 g/mol. The van der Waals surface area contributed by atoms with Gasteiger partial charge in [0.25, 0.3) is 0 Å². The Kier molecular flexibility index (Phi) is 7.84. The van der Waals surface area contributed by atoms with Crippen molar-refractivity contribution in [2.45, 2.75) is 19.9 Å². The smallest absolute Gasteiger partial charge is 0.229 e. The molecule has 1 fully saturated rings. The van der Waals surface area contributed by atoms with E-state index in [1.165, 1.54) is 0 Å². The lowest BCUT2D eigenvalue weighted by atomic mass is 10.1. The van der Waals surface area contributed by atoms with E-state index in [0.717, 1.165) is 17.8 Å². The van der Waals surface area contributed by atoms with Crippen LogP contribution in [0.5, 0.6) is 5.75 Å². The van der Waals surface area contributed by atoms with Gasteiger partial charge in [-0.25, -0.2) is 0 Å². The number of ether oxygens (including phenoxy) is 1. The topological polar surface area (TPSA) is 70.7 Å². The number of nitrogens with zero attached hydrogens (tertiary/aromatic N) is 1. The van der Waals surface area contributed by atoms with E-state index < -0.39 is 5.92 Å². The van der Waals surface area contributed by atoms with Crippen molar-refractivity contribution in [3.8, 4) is 5.75 Å². The first-order valence-corrected chi connectivity index (χ1v) is 9.17. The number of para-hydroxylation sites is 3. The Morgan fingerprint density at radius 2 is 1.89 bits per heavy atom. The second-order valence-corrected chi connectivity index (χ2v) is 6.50. The fourth-order valence-corrected chi connectivity index (χ4v) is 3.26. The Balaban J connectivity index is 0.00000280. The van der Waals surface area contributed by atoms with E-state index in [9.17, 15) is 9.59 Å². The largest absolute Gasteiger partial charge is 0.495 e.